The third kappa shape index (κ3) is 4.61. The summed E-state index contributed by atoms with van der Waals surface area (Å²) in [7, 11) is 0. The Kier molecular flexibility index (Phi) is 6.08. The minimum Gasteiger partial charge on any atom is -0.451 e. The Labute approximate surface area is 206 Å². The van der Waals surface area contributed by atoms with Crippen molar-refractivity contribution in [2.45, 2.75) is 26.2 Å². The summed E-state index contributed by atoms with van der Waals surface area (Å²) in [4.78, 5) is 27.8. The summed E-state index contributed by atoms with van der Waals surface area (Å²) in [5.41, 5.74) is 4.61. The lowest BCUT2D eigenvalue weighted by molar-refractivity contribution is -0.384. The number of carbonyl (C=O) groups excluding carboxylic acids is 1. The number of rotatable bonds is 7. The molecule has 5 aromatic rings. The number of nitrogens with zero attached hydrogens (tertiary/aromatic N) is 2. The standard InChI is InChI=1S/C28H23N3O5/c1-3-17(2)19-9-12-25-23(16-19)30-28(36-25)18-7-10-21(11-8-18)29-27(32)26-14-13-24(35-26)20-5-4-6-22(15-20)31(33)34/h4-17H,3H2,1-2H3,(H,29,32). The van der Waals surface area contributed by atoms with Gasteiger partial charge in [-0.2, -0.15) is 0 Å². The average Bonchev–Trinajstić information content (AvgIpc) is 3.56. The quantitative estimate of drug-likeness (QED) is 0.191. The Morgan fingerprint density at radius 2 is 1.81 bits per heavy atom. The third-order valence-electron chi connectivity index (χ3n) is 6.15. The summed E-state index contributed by atoms with van der Waals surface area (Å²) in [6.45, 7) is 4.35. The third-order valence-corrected chi connectivity index (χ3v) is 6.15. The highest BCUT2D eigenvalue weighted by Crippen LogP contribution is 2.29. The maximum absolute atomic E-state index is 12.7. The van der Waals surface area contributed by atoms with E-state index in [2.05, 4.69) is 36.3 Å². The number of aromatic nitrogens is 1. The lowest BCUT2D eigenvalue weighted by Gasteiger charge is -2.07. The average molecular weight is 482 g/mol. The Morgan fingerprint density at radius 1 is 1.00 bits per heavy atom. The van der Waals surface area contributed by atoms with Crippen molar-refractivity contribution in [2.75, 3.05) is 5.32 Å². The van der Waals surface area contributed by atoms with Gasteiger partial charge in [0.1, 0.15) is 11.3 Å². The molecule has 0 fully saturated rings. The van der Waals surface area contributed by atoms with E-state index in [9.17, 15) is 14.9 Å². The fourth-order valence-corrected chi connectivity index (χ4v) is 3.89. The van der Waals surface area contributed by atoms with Gasteiger partial charge < -0.3 is 14.2 Å². The van der Waals surface area contributed by atoms with E-state index in [1.165, 1.54) is 23.8 Å². The number of furan rings is 1. The molecule has 0 saturated heterocycles. The van der Waals surface area contributed by atoms with Crippen LogP contribution >= 0.6 is 0 Å². The highest BCUT2D eigenvalue weighted by Gasteiger charge is 2.15. The second-order valence-corrected chi connectivity index (χ2v) is 8.56. The number of amides is 1. The number of hydrogen-bond donors (Lipinski definition) is 1. The van der Waals surface area contributed by atoms with Gasteiger partial charge in [0.2, 0.25) is 5.89 Å². The van der Waals surface area contributed by atoms with Crippen LogP contribution in [0.15, 0.2) is 87.7 Å². The first-order valence-corrected chi connectivity index (χ1v) is 11.6. The van der Waals surface area contributed by atoms with Crippen LogP contribution in [0.5, 0.6) is 0 Å². The first-order chi connectivity index (χ1) is 17.4. The zero-order chi connectivity index (χ0) is 25.2. The molecule has 8 nitrogen and oxygen atoms in total. The van der Waals surface area contributed by atoms with Gasteiger partial charge in [0, 0.05) is 28.9 Å². The van der Waals surface area contributed by atoms with Gasteiger partial charge in [-0.1, -0.05) is 32.0 Å². The number of hydrogen-bond acceptors (Lipinski definition) is 6. The van der Waals surface area contributed by atoms with Crippen LogP contribution in [0.3, 0.4) is 0 Å². The molecule has 1 amide bonds. The van der Waals surface area contributed by atoms with Gasteiger partial charge in [-0.3, -0.25) is 14.9 Å². The minimum atomic E-state index is -0.477. The van der Waals surface area contributed by atoms with E-state index in [-0.39, 0.29) is 11.4 Å². The second-order valence-electron chi connectivity index (χ2n) is 8.56. The van der Waals surface area contributed by atoms with Gasteiger partial charge >= 0.3 is 0 Å². The van der Waals surface area contributed by atoms with Gasteiger partial charge in [-0.05, 0) is 66.4 Å². The lowest BCUT2D eigenvalue weighted by Crippen LogP contribution is -2.10. The molecule has 1 atom stereocenters. The van der Waals surface area contributed by atoms with Crippen LogP contribution in [0.1, 0.15) is 42.3 Å². The molecule has 8 heteroatoms. The molecule has 0 saturated carbocycles. The van der Waals surface area contributed by atoms with E-state index in [1.807, 2.05) is 18.2 Å². The van der Waals surface area contributed by atoms with E-state index in [0.717, 1.165) is 23.1 Å². The topological polar surface area (TPSA) is 111 Å². The SMILES string of the molecule is CCC(C)c1ccc2oc(-c3ccc(NC(=O)c4ccc(-c5cccc([N+](=O)[O-])c5)o4)cc3)nc2c1. The number of carbonyl (C=O) groups is 1. The predicted octanol–water partition coefficient (Wildman–Crippen LogP) is 7.43. The number of oxazole rings is 1. The molecular formula is C28H23N3O5. The van der Waals surface area contributed by atoms with Gasteiger partial charge in [-0.15, -0.1) is 0 Å². The lowest BCUT2D eigenvalue weighted by atomic mass is 9.98. The number of anilines is 1. The van der Waals surface area contributed by atoms with Crippen LogP contribution in [-0.4, -0.2) is 15.8 Å². The van der Waals surface area contributed by atoms with E-state index in [1.54, 1.807) is 30.3 Å². The fraction of sp³-hybridized carbons (Fsp3) is 0.143. The summed E-state index contributed by atoms with van der Waals surface area (Å²) >= 11 is 0. The van der Waals surface area contributed by atoms with Crippen LogP contribution < -0.4 is 5.32 Å². The molecule has 36 heavy (non-hydrogen) atoms. The van der Waals surface area contributed by atoms with Crippen molar-refractivity contribution in [2.24, 2.45) is 0 Å². The minimum absolute atomic E-state index is 0.0510. The monoisotopic (exact) mass is 481 g/mol. The highest BCUT2D eigenvalue weighted by molar-refractivity contribution is 6.02. The smallest absolute Gasteiger partial charge is 0.291 e. The van der Waals surface area contributed by atoms with E-state index >= 15 is 0 Å². The zero-order valence-electron chi connectivity index (χ0n) is 19.7. The Balaban J connectivity index is 1.30. The Hall–Kier alpha value is -4.72. The molecule has 0 spiro atoms. The molecule has 180 valence electrons. The van der Waals surface area contributed by atoms with Gasteiger partial charge in [0.15, 0.2) is 11.3 Å². The molecule has 0 aliphatic rings. The van der Waals surface area contributed by atoms with Crippen molar-refractivity contribution in [3.63, 3.8) is 0 Å². The number of nitro groups is 1. The van der Waals surface area contributed by atoms with Crippen molar-refractivity contribution < 1.29 is 18.6 Å². The molecule has 2 aromatic heterocycles. The molecule has 0 radical (unpaired) electrons. The van der Waals surface area contributed by atoms with Crippen molar-refractivity contribution in [1.29, 1.82) is 0 Å². The summed E-state index contributed by atoms with van der Waals surface area (Å²) in [6, 6.07) is 22.5. The number of benzene rings is 3. The largest absolute Gasteiger partial charge is 0.451 e. The first-order valence-electron chi connectivity index (χ1n) is 11.6. The van der Waals surface area contributed by atoms with Gasteiger partial charge in [0.05, 0.1) is 4.92 Å². The maximum atomic E-state index is 12.7. The Morgan fingerprint density at radius 3 is 2.56 bits per heavy atom. The number of nitrogens with one attached hydrogen (secondary N) is 1. The normalized spacial score (nSPS) is 11.9. The van der Waals surface area contributed by atoms with Gasteiger partial charge in [0.25, 0.3) is 11.6 Å². The molecule has 0 bridgehead atoms. The molecular weight excluding hydrogens is 458 g/mol. The molecule has 0 aliphatic heterocycles. The molecule has 1 N–H and O–H groups in total. The number of non-ortho nitro benzene ring substituents is 1. The van der Waals surface area contributed by atoms with Crippen molar-refractivity contribution in [3.8, 4) is 22.8 Å². The van der Waals surface area contributed by atoms with Crippen LogP contribution in [0, 0.1) is 10.1 Å². The van der Waals surface area contributed by atoms with Crippen LogP contribution in [0.2, 0.25) is 0 Å². The number of fused-ring (bicyclic) bond motifs is 1. The Bertz CT molecular complexity index is 1570. The first kappa shape index (κ1) is 23.0. The highest BCUT2D eigenvalue weighted by atomic mass is 16.6. The second kappa shape index (κ2) is 9.50. The summed E-state index contributed by atoms with van der Waals surface area (Å²) < 4.78 is 11.6. The van der Waals surface area contributed by atoms with Crippen molar-refractivity contribution >= 4 is 28.4 Å². The van der Waals surface area contributed by atoms with Crippen LogP contribution in [0.4, 0.5) is 11.4 Å². The fourth-order valence-electron chi connectivity index (χ4n) is 3.89. The molecule has 0 aliphatic carbocycles. The van der Waals surface area contributed by atoms with E-state index in [4.69, 9.17) is 8.83 Å². The van der Waals surface area contributed by atoms with E-state index in [0.29, 0.717) is 28.8 Å². The molecule has 3 aromatic carbocycles. The summed E-state index contributed by atoms with van der Waals surface area (Å²) in [6.07, 6.45) is 1.05. The molecule has 2 heterocycles. The van der Waals surface area contributed by atoms with Crippen molar-refractivity contribution in [1.82, 2.24) is 4.98 Å². The number of nitro benzene ring substituents is 1. The van der Waals surface area contributed by atoms with Crippen LogP contribution in [0.25, 0.3) is 33.9 Å². The summed E-state index contributed by atoms with van der Waals surface area (Å²) in [5, 5.41) is 13.8. The van der Waals surface area contributed by atoms with Gasteiger partial charge in [-0.25, -0.2) is 4.98 Å². The maximum Gasteiger partial charge on any atom is 0.291 e. The summed E-state index contributed by atoms with van der Waals surface area (Å²) in [5.74, 6) is 0.993. The molecule has 5 rings (SSSR count). The van der Waals surface area contributed by atoms with Crippen LogP contribution in [-0.2, 0) is 0 Å². The van der Waals surface area contributed by atoms with E-state index < -0.39 is 10.8 Å². The predicted molar refractivity (Wildman–Crippen MR) is 137 cm³/mol. The molecule has 1 unspecified atom stereocenters. The zero-order valence-corrected chi connectivity index (χ0v) is 19.7. The van der Waals surface area contributed by atoms with Crippen molar-refractivity contribution in [3.05, 3.63) is 100 Å².